The van der Waals surface area contributed by atoms with Crippen LogP contribution in [-0.2, 0) is 46.7 Å². The van der Waals surface area contributed by atoms with E-state index in [1.54, 1.807) is 0 Å². The largest absolute Gasteiger partial charge is 0.448 e. The van der Waals surface area contributed by atoms with Crippen molar-refractivity contribution in [2.75, 3.05) is 13.2 Å². The molecular formula is C43H62N2O10Si2. The van der Waals surface area contributed by atoms with Crippen molar-refractivity contribution >= 4 is 28.4 Å². The lowest BCUT2D eigenvalue weighted by molar-refractivity contribution is -0.328. The lowest BCUT2D eigenvalue weighted by Crippen LogP contribution is -2.63. The Morgan fingerprint density at radius 1 is 0.561 bits per heavy atom. The molecule has 4 fully saturated rings. The predicted octanol–water partition coefficient (Wildman–Crippen LogP) is 8.07. The Labute approximate surface area is 340 Å². The van der Waals surface area contributed by atoms with Crippen LogP contribution in [-0.4, -0.2) is 103 Å². The van der Waals surface area contributed by atoms with E-state index in [4.69, 9.17) is 56.7 Å². The summed E-state index contributed by atoms with van der Waals surface area (Å²) in [6.45, 7) is 18.2. The fourth-order valence-corrected chi connectivity index (χ4v) is 15.0. The lowest BCUT2D eigenvalue weighted by Gasteiger charge is -2.48. The van der Waals surface area contributed by atoms with Crippen LogP contribution in [0.4, 0.5) is 0 Å². The first-order valence-corrected chi connectivity index (χ1v) is 26.5. The molecule has 8 rings (SSSR count). The van der Waals surface area contributed by atoms with Gasteiger partial charge in [0.2, 0.25) is 24.4 Å². The summed E-state index contributed by atoms with van der Waals surface area (Å²) in [7, 11) is -4.27. The molecule has 0 spiro atoms. The van der Waals surface area contributed by atoms with Crippen molar-refractivity contribution in [2.45, 2.75) is 166 Å². The van der Waals surface area contributed by atoms with Gasteiger partial charge in [0.15, 0.2) is 29.2 Å². The van der Waals surface area contributed by atoms with Gasteiger partial charge >= 0.3 is 0 Å². The van der Waals surface area contributed by atoms with E-state index in [0.29, 0.717) is 25.0 Å². The summed E-state index contributed by atoms with van der Waals surface area (Å²) in [5.41, 5.74) is 1.05. The highest BCUT2D eigenvalue weighted by atomic mass is 28.4. The van der Waals surface area contributed by atoms with E-state index in [1.165, 1.54) is 0 Å². The van der Waals surface area contributed by atoms with Gasteiger partial charge in [-0.1, -0.05) is 102 Å². The van der Waals surface area contributed by atoms with Crippen LogP contribution in [0.2, 0.25) is 36.3 Å². The molecule has 0 unspecified atom stereocenters. The van der Waals surface area contributed by atoms with Crippen LogP contribution in [0.3, 0.4) is 0 Å². The van der Waals surface area contributed by atoms with Crippen LogP contribution in [0.1, 0.15) is 79.1 Å². The molecule has 6 aliphatic heterocycles. The first-order chi connectivity index (χ1) is 27.6. The lowest BCUT2D eigenvalue weighted by atomic mass is 9.92. The molecule has 312 valence electrons. The summed E-state index contributed by atoms with van der Waals surface area (Å²) in [5.74, 6) is 0.967. The second-order valence-corrected chi connectivity index (χ2v) is 26.2. The number of aliphatic imine (C=N–C) groups is 2. The SMILES string of the molecule is CC[Si](CC)(CC)O[C@@H]1[C@H]2N=C(C(C)(C)C3=N[C@H]4[C@@H](O3)O[C@@H]3CO[C@@H](c5ccccc5)O[C@H]3[C@@H]4O[Si](CC)(CC)CC)O[C@H]2O[C@@H]2CO[C@@H](c3ccccc3)O[C@@H]12. The number of fused-ring (bicyclic) bond motifs is 4. The fraction of sp³-hybridized carbons (Fsp3) is 0.674. The van der Waals surface area contributed by atoms with Crippen LogP contribution >= 0.6 is 0 Å². The zero-order valence-electron chi connectivity index (χ0n) is 34.8. The third kappa shape index (κ3) is 7.73. The van der Waals surface area contributed by atoms with Gasteiger partial charge in [-0.25, -0.2) is 9.98 Å². The first-order valence-electron chi connectivity index (χ1n) is 21.4. The minimum atomic E-state index is -2.14. The second kappa shape index (κ2) is 16.9. The molecular weight excluding hydrogens is 761 g/mol. The zero-order chi connectivity index (χ0) is 40.0. The van der Waals surface area contributed by atoms with Crippen molar-refractivity contribution < 1.29 is 46.7 Å². The van der Waals surface area contributed by atoms with Gasteiger partial charge in [0, 0.05) is 11.1 Å². The van der Waals surface area contributed by atoms with Crippen molar-refractivity contribution in [2.24, 2.45) is 15.4 Å². The minimum absolute atomic E-state index is 0.351. The summed E-state index contributed by atoms with van der Waals surface area (Å²) >= 11 is 0. The molecule has 2 aromatic carbocycles. The van der Waals surface area contributed by atoms with Gasteiger partial charge in [-0.3, -0.25) is 0 Å². The highest BCUT2D eigenvalue weighted by Crippen LogP contribution is 2.46. The summed E-state index contributed by atoms with van der Waals surface area (Å²) in [6.07, 6.45) is -4.72. The van der Waals surface area contributed by atoms with Crippen molar-refractivity contribution in [3.05, 3.63) is 71.8 Å². The molecule has 12 atom stereocenters. The van der Waals surface area contributed by atoms with Crippen LogP contribution in [0.15, 0.2) is 70.6 Å². The average Bonchev–Trinajstić information content (AvgIpc) is 3.91. The third-order valence-electron chi connectivity index (χ3n) is 13.5. The summed E-state index contributed by atoms with van der Waals surface area (Å²) in [5, 5.41) is 0. The number of nitrogens with zero attached hydrogens (tertiary/aromatic N) is 2. The van der Waals surface area contributed by atoms with E-state index in [9.17, 15) is 0 Å². The minimum Gasteiger partial charge on any atom is -0.448 e. The van der Waals surface area contributed by atoms with E-state index in [0.717, 1.165) is 47.4 Å². The zero-order valence-corrected chi connectivity index (χ0v) is 36.8. The molecule has 0 aromatic heterocycles. The Morgan fingerprint density at radius 3 is 1.28 bits per heavy atom. The number of ether oxygens (including phenoxy) is 8. The van der Waals surface area contributed by atoms with E-state index >= 15 is 0 Å². The molecule has 0 saturated carbocycles. The topological polar surface area (TPSA) is 117 Å². The third-order valence-corrected chi connectivity index (χ3v) is 22.7. The molecule has 2 aromatic rings. The highest BCUT2D eigenvalue weighted by molar-refractivity contribution is 6.74. The van der Waals surface area contributed by atoms with Crippen LogP contribution in [0.25, 0.3) is 0 Å². The molecule has 0 amide bonds. The molecule has 14 heteroatoms. The van der Waals surface area contributed by atoms with Gasteiger partial charge in [-0.15, -0.1) is 0 Å². The normalized spacial score (nSPS) is 35.2. The fourth-order valence-electron chi connectivity index (χ4n) is 9.25. The van der Waals surface area contributed by atoms with Crippen LogP contribution in [0.5, 0.6) is 0 Å². The van der Waals surface area contributed by atoms with Gasteiger partial charge in [-0.05, 0) is 50.1 Å². The Morgan fingerprint density at radius 2 is 0.930 bits per heavy atom. The maximum absolute atomic E-state index is 7.32. The summed E-state index contributed by atoms with van der Waals surface area (Å²) < 4.78 is 67.3. The number of hydrogen-bond acceptors (Lipinski definition) is 12. The van der Waals surface area contributed by atoms with Gasteiger partial charge in [0.25, 0.3) is 0 Å². The molecule has 4 saturated heterocycles. The van der Waals surface area contributed by atoms with Gasteiger partial charge in [0.1, 0.15) is 54.1 Å². The van der Waals surface area contributed by atoms with Gasteiger partial charge in [0.05, 0.1) is 13.2 Å². The quantitative estimate of drug-likeness (QED) is 0.173. The average molecular weight is 823 g/mol. The molecule has 57 heavy (non-hydrogen) atoms. The number of benzene rings is 2. The Bertz CT molecular complexity index is 1590. The molecule has 0 aliphatic carbocycles. The Kier molecular flexibility index (Phi) is 12.2. The molecule has 12 nitrogen and oxygen atoms in total. The van der Waals surface area contributed by atoms with Crippen LogP contribution in [0, 0.1) is 5.41 Å². The van der Waals surface area contributed by atoms with E-state index in [-0.39, 0.29) is 24.4 Å². The molecule has 0 radical (unpaired) electrons. The highest BCUT2D eigenvalue weighted by Gasteiger charge is 2.60. The van der Waals surface area contributed by atoms with Crippen molar-refractivity contribution in [3.63, 3.8) is 0 Å². The number of rotatable bonds is 14. The summed E-state index contributed by atoms with van der Waals surface area (Å²) in [6, 6.07) is 25.1. The molecule has 6 aliphatic rings. The van der Waals surface area contributed by atoms with Gasteiger partial charge < -0.3 is 46.7 Å². The second-order valence-electron chi connectivity index (χ2n) is 16.8. The summed E-state index contributed by atoms with van der Waals surface area (Å²) in [4.78, 5) is 10.6. The van der Waals surface area contributed by atoms with Crippen molar-refractivity contribution in [1.82, 2.24) is 0 Å². The smallest absolute Gasteiger partial charge is 0.227 e. The van der Waals surface area contributed by atoms with E-state index < -0.39 is 71.5 Å². The maximum atomic E-state index is 7.32. The molecule has 0 bridgehead atoms. The van der Waals surface area contributed by atoms with Crippen LogP contribution < -0.4 is 0 Å². The maximum Gasteiger partial charge on any atom is 0.227 e. The monoisotopic (exact) mass is 822 g/mol. The van der Waals surface area contributed by atoms with E-state index in [2.05, 4.69) is 41.5 Å². The Hall–Kier alpha value is -2.51. The van der Waals surface area contributed by atoms with E-state index in [1.807, 2.05) is 74.5 Å². The predicted molar refractivity (Wildman–Crippen MR) is 220 cm³/mol. The van der Waals surface area contributed by atoms with Crippen molar-refractivity contribution in [3.8, 4) is 0 Å². The van der Waals surface area contributed by atoms with Crippen molar-refractivity contribution in [1.29, 1.82) is 0 Å². The first kappa shape index (κ1) is 41.2. The standard InChI is InChI=1S/C43H62N2O10Si2/c1-9-56(10-2,11-3)54-35-31-39(48-29-25-46-37(50-33(29)35)27-21-17-15-18-22-27)52-41(44-31)43(7,8)42-45-32-36(55-57(12-4,13-5)14-6)34-30(49-40(32)53-42)26-47-38(51-34)28-23-19-16-20-24-28/h15-24,29-40H,9-14,25-26H2,1-8H3/t29-,30-,31-,32-,33-,34-,35-,36-,37-,38-,39-,40-/m1/s1. The van der Waals surface area contributed by atoms with Gasteiger partial charge in [-0.2, -0.15) is 0 Å². The molecule has 6 heterocycles. The Balaban J connectivity index is 1.09. The molecule has 0 N–H and O–H groups in total. The number of hydrogen-bond donors (Lipinski definition) is 0.